The zero-order valence-corrected chi connectivity index (χ0v) is 14.0. The minimum absolute atomic E-state index is 0.584. The van der Waals surface area contributed by atoms with E-state index in [0.29, 0.717) is 5.92 Å². The van der Waals surface area contributed by atoms with E-state index in [9.17, 15) is 0 Å². The van der Waals surface area contributed by atoms with E-state index in [1.54, 1.807) is 0 Å². The number of nitrogens with one attached hydrogen (secondary N) is 1. The van der Waals surface area contributed by atoms with Crippen molar-refractivity contribution in [3.05, 3.63) is 65.2 Å². The minimum Gasteiger partial charge on any atom is -0.348 e. The van der Waals surface area contributed by atoms with Crippen molar-refractivity contribution in [2.24, 2.45) is 0 Å². The molecule has 3 heteroatoms. The lowest BCUT2D eigenvalue weighted by atomic mass is 9.99. The molecule has 1 fully saturated rings. The molecule has 0 unspecified atom stereocenters. The number of hydrogen-bond acceptors (Lipinski definition) is 1. The highest BCUT2D eigenvalue weighted by Crippen LogP contribution is 2.27. The summed E-state index contributed by atoms with van der Waals surface area (Å²) < 4.78 is 0. The van der Waals surface area contributed by atoms with Crippen LogP contribution in [0.2, 0.25) is 0 Å². The largest absolute Gasteiger partial charge is 0.348 e. The van der Waals surface area contributed by atoms with E-state index in [1.165, 1.54) is 23.1 Å². The zero-order valence-electron chi connectivity index (χ0n) is 13.2. The number of hydrogen-bond donors (Lipinski definition) is 1. The molecule has 1 aliphatic rings. The normalized spacial score (nSPS) is 17.5. The Kier molecular flexibility index (Phi) is 4.44. The highest BCUT2D eigenvalue weighted by Gasteiger charge is 2.25. The average molecular weight is 310 g/mol. The standard InChI is InChI=1S/C19H22N2S/c1-14-10-15(2)12-18(11-14)20-19(22)21-9-8-17(13-21)16-6-4-3-5-7-16/h3-7,10-12,17H,8-9,13H2,1-2H3,(H,20,22)/t17-/m0/s1. The number of nitrogens with zero attached hydrogens (tertiary/aromatic N) is 1. The molecule has 0 amide bonds. The molecule has 1 atom stereocenters. The number of rotatable bonds is 2. The summed E-state index contributed by atoms with van der Waals surface area (Å²) in [6.45, 7) is 6.25. The van der Waals surface area contributed by atoms with Crippen LogP contribution in [0, 0.1) is 13.8 Å². The lowest BCUT2D eigenvalue weighted by molar-refractivity contribution is 0.518. The van der Waals surface area contributed by atoms with Crippen LogP contribution in [0.3, 0.4) is 0 Å². The van der Waals surface area contributed by atoms with Gasteiger partial charge in [0.25, 0.3) is 0 Å². The van der Waals surface area contributed by atoms with E-state index in [-0.39, 0.29) is 0 Å². The van der Waals surface area contributed by atoms with Crippen molar-refractivity contribution in [2.75, 3.05) is 18.4 Å². The molecule has 1 heterocycles. The summed E-state index contributed by atoms with van der Waals surface area (Å²) in [7, 11) is 0. The molecule has 0 aromatic heterocycles. The van der Waals surface area contributed by atoms with Gasteiger partial charge in [-0.15, -0.1) is 0 Å². The van der Waals surface area contributed by atoms with Crippen molar-refractivity contribution in [2.45, 2.75) is 26.2 Å². The van der Waals surface area contributed by atoms with Gasteiger partial charge in [0.05, 0.1) is 0 Å². The Hall–Kier alpha value is -1.87. The maximum atomic E-state index is 5.60. The molecule has 0 aliphatic carbocycles. The molecule has 3 rings (SSSR count). The van der Waals surface area contributed by atoms with Crippen LogP contribution in [-0.4, -0.2) is 23.1 Å². The maximum absolute atomic E-state index is 5.60. The van der Waals surface area contributed by atoms with Crippen molar-refractivity contribution in [1.29, 1.82) is 0 Å². The second kappa shape index (κ2) is 6.49. The lowest BCUT2D eigenvalue weighted by Crippen LogP contribution is -2.32. The van der Waals surface area contributed by atoms with Crippen molar-refractivity contribution in [3.63, 3.8) is 0 Å². The lowest BCUT2D eigenvalue weighted by Gasteiger charge is -2.21. The van der Waals surface area contributed by atoms with Crippen LogP contribution in [0.15, 0.2) is 48.5 Å². The average Bonchev–Trinajstić information content (AvgIpc) is 2.97. The second-order valence-electron chi connectivity index (χ2n) is 6.15. The fourth-order valence-electron chi connectivity index (χ4n) is 3.19. The molecule has 2 nitrogen and oxygen atoms in total. The second-order valence-corrected chi connectivity index (χ2v) is 6.54. The monoisotopic (exact) mass is 310 g/mol. The van der Waals surface area contributed by atoms with Crippen LogP contribution < -0.4 is 5.32 Å². The minimum atomic E-state index is 0.584. The first-order valence-corrected chi connectivity index (χ1v) is 8.22. The van der Waals surface area contributed by atoms with Gasteiger partial charge in [0.15, 0.2) is 5.11 Å². The summed E-state index contributed by atoms with van der Waals surface area (Å²) in [4.78, 5) is 2.28. The van der Waals surface area contributed by atoms with Crippen LogP contribution in [-0.2, 0) is 0 Å². The van der Waals surface area contributed by atoms with E-state index >= 15 is 0 Å². The smallest absolute Gasteiger partial charge is 0.173 e. The Balaban J connectivity index is 1.64. The van der Waals surface area contributed by atoms with Gasteiger partial charge < -0.3 is 10.2 Å². The Morgan fingerprint density at radius 1 is 1.09 bits per heavy atom. The van der Waals surface area contributed by atoms with Crippen LogP contribution in [0.1, 0.15) is 29.0 Å². The predicted molar refractivity (Wildman–Crippen MR) is 97.5 cm³/mol. The predicted octanol–water partition coefficient (Wildman–Crippen LogP) is 4.49. The molecule has 22 heavy (non-hydrogen) atoms. The first kappa shape index (κ1) is 15.0. The molecule has 2 aromatic rings. The van der Waals surface area contributed by atoms with E-state index in [0.717, 1.165) is 23.9 Å². The van der Waals surface area contributed by atoms with Gasteiger partial charge in [-0.1, -0.05) is 36.4 Å². The third-order valence-electron chi connectivity index (χ3n) is 4.22. The van der Waals surface area contributed by atoms with Gasteiger partial charge in [0, 0.05) is 24.7 Å². The summed E-state index contributed by atoms with van der Waals surface area (Å²) in [5.41, 5.74) is 5.02. The van der Waals surface area contributed by atoms with Crippen molar-refractivity contribution < 1.29 is 0 Å². The fraction of sp³-hybridized carbons (Fsp3) is 0.316. The molecule has 0 bridgehead atoms. The molecule has 0 spiro atoms. The van der Waals surface area contributed by atoms with E-state index in [2.05, 4.69) is 72.6 Å². The topological polar surface area (TPSA) is 15.3 Å². The number of anilines is 1. The molecular formula is C19H22N2S. The van der Waals surface area contributed by atoms with Crippen molar-refractivity contribution in [1.82, 2.24) is 4.90 Å². The van der Waals surface area contributed by atoms with Gasteiger partial charge in [0.1, 0.15) is 0 Å². The Bertz CT molecular complexity index is 646. The summed E-state index contributed by atoms with van der Waals surface area (Å²) in [5.74, 6) is 0.584. The van der Waals surface area contributed by atoms with Gasteiger partial charge >= 0.3 is 0 Å². The molecule has 2 aromatic carbocycles. The van der Waals surface area contributed by atoms with Crippen LogP contribution in [0.5, 0.6) is 0 Å². The first-order chi connectivity index (χ1) is 10.6. The van der Waals surface area contributed by atoms with Crippen molar-refractivity contribution >= 4 is 23.0 Å². The summed E-state index contributed by atoms with van der Waals surface area (Å²) in [6, 6.07) is 17.2. The van der Waals surface area contributed by atoms with Crippen molar-refractivity contribution in [3.8, 4) is 0 Å². The zero-order chi connectivity index (χ0) is 15.5. The molecule has 1 aliphatic heterocycles. The quantitative estimate of drug-likeness (QED) is 0.823. The Morgan fingerprint density at radius 3 is 2.45 bits per heavy atom. The maximum Gasteiger partial charge on any atom is 0.173 e. The van der Waals surface area contributed by atoms with Crippen LogP contribution in [0.25, 0.3) is 0 Å². The third-order valence-corrected chi connectivity index (χ3v) is 4.58. The molecule has 0 radical (unpaired) electrons. The van der Waals surface area contributed by atoms with Crippen LogP contribution in [0.4, 0.5) is 5.69 Å². The number of aryl methyl sites for hydroxylation is 2. The van der Waals surface area contributed by atoms with Gasteiger partial charge in [-0.3, -0.25) is 0 Å². The summed E-state index contributed by atoms with van der Waals surface area (Å²) >= 11 is 5.60. The first-order valence-electron chi connectivity index (χ1n) is 7.81. The molecule has 1 N–H and O–H groups in total. The van der Waals surface area contributed by atoms with E-state index in [1.807, 2.05) is 0 Å². The molecule has 0 saturated carbocycles. The molecule has 1 saturated heterocycles. The number of likely N-dealkylation sites (tertiary alicyclic amines) is 1. The van der Waals surface area contributed by atoms with Gasteiger partial charge in [-0.2, -0.15) is 0 Å². The van der Waals surface area contributed by atoms with Crippen LogP contribution >= 0.6 is 12.2 Å². The van der Waals surface area contributed by atoms with Gasteiger partial charge in [-0.05, 0) is 61.3 Å². The molecule has 114 valence electrons. The van der Waals surface area contributed by atoms with Gasteiger partial charge in [-0.25, -0.2) is 0 Å². The third kappa shape index (κ3) is 3.47. The number of thiocarbonyl (C=S) groups is 1. The summed E-state index contributed by atoms with van der Waals surface area (Å²) in [5, 5.41) is 4.23. The van der Waals surface area contributed by atoms with Gasteiger partial charge in [0.2, 0.25) is 0 Å². The number of benzene rings is 2. The highest BCUT2D eigenvalue weighted by atomic mass is 32.1. The summed E-state index contributed by atoms with van der Waals surface area (Å²) in [6.07, 6.45) is 1.17. The van der Waals surface area contributed by atoms with E-state index in [4.69, 9.17) is 12.2 Å². The van der Waals surface area contributed by atoms with E-state index < -0.39 is 0 Å². The Morgan fingerprint density at radius 2 is 1.77 bits per heavy atom. The Labute approximate surface area is 138 Å². The molecular weight excluding hydrogens is 288 g/mol. The highest BCUT2D eigenvalue weighted by molar-refractivity contribution is 7.80. The SMILES string of the molecule is Cc1cc(C)cc(NC(=S)N2CC[C@H](c3ccccc3)C2)c1. The fourth-order valence-corrected chi connectivity index (χ4v) is 3.48.